The molecule has 158 valence electrons. The number of ether oxygens (including phenoxy) is 2. The van der Waals surface area contributed by atoms with Gasteiger partial charge in [-0.1, -0.05) is 23.9 Å². The second kappa shape index (κ2) is 8.20. The lowest BCUT2D eigenvalue weighted by molar-refractivity contribution is -0.128. The number of nitrogens with zero attached hydrogens (tertiary/aromatic N) is 4. The Bertz CT molecular complexity index is 1220. The average molecular weight is 455 g/mol. The van der Waals surface area contributed by atoms with E-state index in [1.807, 2.05) is 37.3 Å². The maximum Gasteiger partial charge on any atom is 0.277 e. The fourth-order valence-corrected chi connectivity index (χ4v) is 4.84. The fourth-order valence-electron chi connectivity index (χ4n) is 3.09. The van der Waals surface area contributed by atoms with Gasteiger partial charge >= 0.3 is 0 Å². The number of hydrogen-bond donors (Lipinski definition) is 0. The van der Waals surface area contributed by atoms with Crippen molar-refractivity contribution < 1.29 is 18.7 Å². The third-order valence-electron chi connectivity index (χ3n) is 4.99. The molecule has 0 saturated heterocycles. The smallest absolute Gasteiger partial charge is 0.277 e. The number of aromatic nitrogens is 3. The molecule has 1 aliphatic rings. The van der Waals surface area contributed by atoms with Crippen LogP contribution in [-0.2, 0) is 4.79 Å². The van der Waals surface area contributed by atoms with Crippen molar-refractivity contribution in [2.75, 3.05) is 19.6 Å². The minimum atomic E-state index is -0.127. The highest BCUT2D eigenvalue weighted by Gasteiger charge is 2.22. The summed E-state index contributed by atoms with van der Waals surface area (Å²) in [4.78, 5) is 19.1. The maximum atomic E-state index is 12.7. The molecule has 1 atom stereocenters. The molecule has 1 amide bonds. The van der Waals surface area contributed by atoms with E-state index in [4.69, 9.17) is 13.9 Å². The summed E-state index contributed by atoms with van der Waals surface area (Å²) in [6.07, 6.45) is 0. The van der Waals surface area contributed by atoms with Crippen LogP contribution in [0.1, 0.15) is 18.0 Å². The highest BCUT2D eigenvalue weighted by molar-refractivity contribution is 7.99. The normalized spacial score (nSPS) is 13.5. The van der Waals surface area contributed by atoms with Gasteiger partial charge in [0.05, 0.1) is 22.0 Å². The van der Waals surface area contributed by atoms with Gasteiger partial charge in [0.1, 0.15) is 5.01 Å². The lowest BCUT2D eigenvalue weighted by atomic mass is 10.2. The van der Waals surface area contributed by atoms with Crippen LogP contribution in [0.15, 0.2) is 52.1 Å². The van der Waals surface area contributed by atoms with E-state index in [-0.39, 0.29) is 24.5 Å². The number of fused-ring (bicyclic) bond motifs is 2. The van der Waals surface area contributed by atoms with Crippen molar-refractivity contribution in [2.24, 2.45) is 0 Å². The van der Waals surface area contributed by atoms with Gasteiger partial charge in [-0.2, -0.15) is 0 Å². The van der Waals surface area contributed by atoms with E-state index < -0.39 is 0 Å². The summed E-state index contributed by atoms with van der Waals surface area (Å²) in [7, 11) is 1.78. The highest BCUT2D eigenvalue weighted by Crippen LogP contribution is 2.36. The Morgan fingerprint density at radius 3 is 2.90 bits per heavy atom. The summed E-state index contributed by atoms with van der Waals surface area (Å²) < 4.78 is 17.5. The first kappa shape index (κ1) is 19.8. The first-order valence-corrected chi connectivity index (χ1v) is 11.4. The number of benzene rings is 2. The molecule has 10 heteroatoms. The zero-order chi connectivity index (χ0) is 21.4. The van der Waals surface area contributed by atoms with Crippen LogP contribution in [0, 0.1) is 0 Å². The van der Waals surface area contributed by atoms with Gasteiger partial charge in [-0.15, -0.1) is 21.5 Å². The zero-order valence-electron chi connectivity index (χ0n) is 16.8. The maximum absolute atomic E-state index is 12.7. The Morgan fingerprint density at radius 1 is 1.19 bits per heavy atom. The van der Waals surface area contributed by atoms with Crippen LogP contribution in [0.2, 0.25) is 0 Å². The van der Waals surface area contributed by atoms with E-state index >= 15 is 0 Å². The average Bonchev–Trinajstić information content (AvgIpc) is 3.54. The Morgan fingerprint density at radius 2 is 2.03 bits per heavy atom. The van der Waals surface area contributed by atoms with E-state index in [2.05, 4.69) is 15.2 Å². The first-order chi connectivity index (χ1) is 15.1. The predicted octanol–water partition coefficient (Wildman–Crippen LogP) is 4.39. The molecular formula is C21H18N4O4S2. The van der Waals surface area contributed by atoms with Gasteiger partial charge in [0.2, 0.25) is 18.6 Å². The van der Waals surface area contributed by atoms with Crippen molar-refractivity contribution in [3.63, 3.8) is 0 Å². The van der Waals surface area contributed by atoms with Crippen LogP contribution in [-0.4, -0.2) is 45.6 Å². The molecule has 0 radical (unpaired) electrons. The molecule has 0 bridgehead atoms. The molecule has 0 saturated carbocycles. The second-order valence-corrected chi connectivity index (χ2v) is 8.92. The second-order valence-electron chi connectivity index (χ2n) is 6.93. The van der Waals surface area contributed by atoms with Gasteiger partial charge < -0.3 is 18.8 Å². The SMILES string of the molecule is CC(c1nc2ccccc2s1)N(C)C(=O)CSc1nnc(-c2ccc3c(c2)OCO3)o1. The van der Waals surface area contributed by atoms with E-state index in [1.165, 1.54) is 11.8 Å². The van der Waals surface area contributed by atoms with Crippen LogP contribution in [0.3, 0.4) is 0 Å². The molecular weight excluding hydrogens is 436 g/mol. The number of carbonyl (C=O) groups excluding carboxylic acids is 1. The zero-order valence-corrected chi connectivity index (χ0v) is 18.4. The summed E-state index contributed by atoms with van der Waals surface area (Å²) in [5, 5.41) is 9.36. The minimum Gasteiger partial charge on any atom is -0.454 e. The standard InChI is InChI=1S/C21H18N4O4S2/c1-12(20-22-14-5-3-4-6-17(14)31-20)25(2)18(26)10-30-21-24-23-19(29-21)13-7-8-15-16(9-13)28-11-27-15/h3-9,12H,10-11H2,1-2H3. The molecule has 8 nitrogen and oxygen atoms in total. The van der Waals surface area contributed by atoms with Crippen LogP contribution in [0.4, 0.5) is 0 Å². The monoisotopic (exact) mass is 454 g/mol. The summed E-state index contributed by atoms with van der Waals surface area (Å²) in [5.74, 6) is 1.84. The highest BCUT2D eigenvalue weighted by atomic mass is 32.2. The number of hydrogen-bond acceptors (Lipinski definition) is 9. The molecule has 0 N–H and O–H groups in total. The lowest BCUT2D eigenvalue weighted by Crippen LogP contribution is -2.31. The molecule has 2 aromatic heterocycles. The van der Waals surface area contributed by atoms with Crippen molar-refractivity contribution in [3.05, 3.63) is 47.5 Å². The Kier molecular flexibility index (Phi) is 5.24. The third-order valence-corrected chi connectivity index (χ3v) is 7.00. The molecule has 1 unspecified atom stereocenters. The number of rotatable bonds is 6. The van der Waals surface area contributed by atoms with Crippen molar-refractivity contribution in [1.29, 1.82) is 0 Å². The summed E-state index contributed by atoms with van der Waals surface area (Å²) in [6, 6.07) is 13.3. The fraction of sp³-hybridized carbons (Fsp3) is 0.238. The number of carbonyl (C=O) groups is 1. The van der Waals surface area contributed by atoms with Crippen LogP contribution < -0.4 is 9.47 Å². The van der Waals surface area contributed by atoms with Gasteiger partial charge in [-0.05, 0) is 37.3 Å². The van der Waals surface area contributed by atoms with E-state index in [1.54, 1.807) is 35.4 Å². The first-order valence-electron chi connectivity index (χ1n) is 9.56. The molecule has 0 fully saturated rings. The van der Waals surface area contributed by atoms with Gasteiger partial charge in [0.25, 0.3) is 5.22 Å². The van der Waals surface area contributed by atoms with Crippen molar-refractivity contribution in [1.82, 2.24) is 20.1 Å². The van der Waals surface area contributed by atoms with Crippen molar-refractivity contribution in [2.45, 2.75) is 18.2 Å². The van der Waals surface area contributed by atoms with Gasteiger partial charge in [-0.3, -0.25) is 4.79 Å². The summed E-state index contributed by atoms with van der Waals surface area (Å²) >= 11 is 2.81. The predicted molar refractivity (Wildman–Crippen MR) is 117 cm³/mol. The number of para-hydroxylation sites is 1. The number of thiazole rings is 1. The number of thioether (sulfide) groups is 1. The molecule has 5 rings (SSSR count). The van der Waals surface area contributed by atoms with Crippen LogP contribution in [0.25, 0.3) is 21.7 Å². The quantitative estimate of drug-likeness (QED) is 0.396. The number of amides is 1. The topological polar surface area (TPSA) is 90.6 Å². The third kappa shape index (κ3) is 3.96. The lowest BCUT2D eigenvalue weighted by Gasteiger charge is -2.22. The van der Waals surface area contributed by atoms with Crippen LogP contribution >= 0.6 is 23.1 Å². The van der Waals surface area contributed by atoms with Crippen LogP contribution in [0.5, 0.6) is 11.5 Å². The van der Waals surface area contributed by atoms with E-state index in [0.717, 1.165) is 20.8 Å². The molecule has 0 aliphatic carbocycles. The summed E-state index contributed by atoms with van der Waals surface area (Å²) in [5.41, 5.74) is 1.68. The molecule has 31 heavy (non-hydrogen) atoms. The van der Waals surface area contributed by atoms with Gasteiger partial charge in [0.15, 0.2) is 11.5 Å². The van der Waals surface area contributed by atoms with E-state index in [0.29, 0.717) is 22.6 Å². The van der Waals surface area contributed by atoms with Crippen molar-refractivity contribution >= 4 is 39.2 Å². The Hall–Kier alpha value is -3.11. The molecule has 4 aromatic rings. The Balaban J connectivity index is 1.22. The minimum absolute atomic E-state index is 0.0421. The molecule has 2 aromatic carbocycles. The Labute approximate surface area is 186 Å². The van der Waals surface area contributed by atoms with E-state index in [9.17, 15) is 4.79 Å². The summed E-state index contributed by atoms with van der Waals surface area (Å²) in [6.45, 7) is 2.18. The van der Waals surface area contributed by atoms with Gasteiger partial charge in [0, 0.05) is 12.6 Å². The largest absolute Gasteiger partial charge is 0.454 e. The molecule has 3 heterocycles. The molecule has 0 spiro atoms. The van der Waals surface area contributed by atoms with Crippen molar-refractivity contribution in [3.8, 4) is 23.0 Å². The molecule has 1 aliphatic heterocycles. The van der Waals surface area contributed by atoms with Gasteiger partial charge in [-0.25, -0.2) is 4.98 Å².